The molecule has 6 nitrogen and oxygen atoms in total. The molecule has 2 rings (SSSR count). The van der Waals surface area contributed by atoms with Gasteiger partial charge in [0, 0.05) is 0 Å². The van der Waals surface area contributed by atoms with E-state index < -0.39 is 5.97 Å². The minimum atomic E-state index is -0.498. The molecule has 0 radical (unpaired) electrons. The van der Waals surface area contributed by atoms with Crippen molar-refractivity contribution in [2.75, 3.05) is 20.3 Å². The van der Waals surface area contributed by atoms with E-state index in [1.807, 2.05) is 49.4 Å². The van der Waals surface area contributed by atoms with Crippen LogP contribution in [0.5, 0.6) is 11.5 Å². The van der Waals surface area contributed by atoms with E-state index in [0.717, 1.165) is 5.56 Å². The van der Waals surface area contributed by atoms with E-state index in [1.54, 1.807) is 19.2 Å². The molecule has 26 heavy (non-hydrogen) atoms. The first kappa shape index (κ1) is 19.3. The van der Waals surface area contributed by atoms with Crippen LogP contribution in [0.3, 0.4) is 0 Å². The van der Waals surface area contributed by atoms with Crippen LogP contribution in [-0.4, -0.2) is 32.2 Å². The molecule has 1 atom stereocenters. The lowest BCUT2D eigenvalue weighted by atomic mass is 10.1. The maximum absolute atomic E-state index is 11.9. The van der Waals surface area contributed by atoms with Gasteiger partial charge >= 0.3 is 5.97 Å². The van der Waals surface area contributed by atoms with Crippen LogP contribution in [0, 0.1) is 0 Å². The van der Waals surface area contributed by atoms with Crippen molar-refractivity contribution in [3.63, 3.8) is 0 Å². The second kappa shape index (κ2) is 10.1. The van der Waals surface area contributed by atoms with Crippen LogP contribution in [0.25, 0.3) is 0 Å². The molecule has 0 aromatic heterocycles. The lowest BCUT2D eigenvalue weighted by Gasteiger charge is -2.14. The number of hydrogen-bond acceptors (Lipinski definition) is 5. The Hall–Kier alpha value is -3.02. The number of benzene rings is 2. The van der Waals surface area contributed by atoms with Crippen LogP contribution in [-0.2, 0) is 14.3 Å². The van der Waals surface area contributed by atoms with Crippen molar-refractivity contribution in [1.82, 2.24) is 5.32 Å². The van der Waals surface area contributed by atoms with Crippen molar-refractivity contribution in [3.8, 4) is 11.5 Å². The monoisotopic (exact) mass is 357 g/mol. The number of hydrogen-bond donors (Lipinski definition) is 1. The standard InChI is InChI=1S/C20H23NO5/c1-15(16-8-4-3-5-9-16)21-19(22)14-26-20(23)12-13-25-18-11-7-6-10-17(18)24-2/h3-11,15H,12-14H2,1-2H3,(H,21,22)/t15-/m1/s1. The molecule has 0 bridgehead atoms. The highest BCUT2D eigenvalue weighted by Gasteiger charge is 2.12. The Morgan fingerprint density at radius 2 is 1.65 bits per heavy atom. The van der Waals surface area contributed by atoms with E-state index in [0.29, 0.717) is 11.5 Å². The predicted molar refractivity (Wildman–Crippen MR) is 97.1 cm³/mol. The molecule has 0 aliphatic rings. The van der Waals surface area contributed by atoms with Gasteiger partial charge in [0.2, 0.25) is 0 Å². The predicted octanol–water partition coefficient (Wildman–Crippen LogP) is 2.88. The summed E-state index contributed by atoms with van der Waals surface area (Å²) >= 11 is 0. The molecule has 0 fully saturated rings. The number of nitrogens with one attached hydrogen (secondary N) is 1. The summed E-state index contributed by atoms with van der Waals surface area (Å²) in [6, 6.07) is 16.6. The summed E-state index contributed by atoms with van der Waals surface area (Å²) in [5.74, 6) is 0.301. The number of amides is 1. The molecule has 138 valence electrons. The third kappa shape index (κ3) is 6.12. The lowest BCUT2D eigenvalue weighted by Crippen LogP contribution is -2.31. The van der Waals surface area contributed by atoms with Crippen molar-refractivity contribution < 1.29 is 23.8 Å². The smallest absolute Gasteiger partial charge is 0.309 e. The van der Waals surface area contributed by atoms with Gasteiger partial charge in [0.15, 0.2) is 18.1 Å². The number of carbonyl (C=O) groups is 2. The van der Waals surface area contributed by atoms with Gasteiger partial charge in [-0.1, -0.05) is 42.5 Å². The first-order valence-corrected chi connectivity index (χ1v) is 8.36. The molecular weight excluding hydrogens is 334 g/mol. The zero-order chi connectivity index (χ0) is 18.8. The second-order valence-corrected chi connectivity index (χ2v) is 5.61. The Labute approximate surface area is 153 Å². The van der Waals surface area contributed by atoms with Crippen molar-refractivity contribution in [2.24, 2.45) is 0 Å². The van der Waals surface area contributed by atoms with E-state index >= 15 is 0 Å². The number of rotatable bonds is 9. The molecule has 0 aliphatic heterocycles. The highest BCUT2D eigenvalue weighted by molar-refractivity contribution is 5.80. The highest BCUT2D eigenvalue weighted by atomic mass is 16.5. The van der Waals surface area contributed by atoms with Crippen LogP contribution < -0.4 is 14.8 Å². The highest BCUT2D eigenvalue weighted by Crippen LogP contribution is 2.25. The van der Waals surface area contributed by atoms with Gasteiger partial charge in [-0.25, -0.2) is 0 Å². The number of esters is 1. The van der Waals surface area contributed by atoms with Crippen LogP contribution >= 0.6 is 0 Å². The van der Waals surface area contributed by atoms with Crippen molar-refractivity contribution >= 4 is 11.9 Å². The van der Waals surface area contributed by atoms with Gasteiger partial charge in [0.1, 0.15) is 0 Å². The number of ether oxygens (including phenoxy) is 3. The summed E-state index contributed by atoms with van der Waals surface area (Å²) in [4.78, 5) is 23.6. The molecule has 0 saturated carbocycles. The quantitative estimate of drug-likeness (QED) is 0.699. The summed E-state index contributed by atoms with van der Waals surface area (Å²) in [5.41, 5.74) is 0.984. The minimum absolute atomic E-state index is 0.0412. The van der Waals surface area contributed by atoms with Gasteiger partial charge in [0.25, 0.3) is 5.91 Å². The van der Waals surface area contributed by atoms with E-state index in [-0.39, 0.29) is 31.6 Å². The number of carbonyl (C=O) groups excluding carboxylic acids is 2. The van der Waals surface area contributed by atoms with E-state index in [9.17, 15) is 9.59 Å². The normalized spacial score (nSPS) is 11.3. The summed E-state index contributed by atoms with van der Waals surface area (Å²) in [5, 5.41) is 2.78. The van der Waals surface area contributed by atoms with Gasteiger partial charge in [-0.05, 0) is 24.6 Å². The largest absolute Gasteiger partial charge is 0.493 e. The summed E-state index contributed by atoms with van der Waals surface area (Å²) in [6.45, 7) is 1.70. The molecule has 2 aromatic carbocycles. The average Bonchev–Trinajstić information content (AvgIpc) is 2.67. The Balaban J connectivity index is 1.67. The molecule has 1 amide bonds. The molecule has 0 heterocycles. The van der Waals surface area contributed by atoms with Crippen LogP contribution in [0.4, 0.5) is 0 Å². The molecular formula is C20H23NO5. The topological polar surface area (TPSA) is 73.9 Å². The summed E-state index contributed by atoms with van der Waals surface area (Å²) in [6.07, 6.45) is 0.0412. The van der Waals surface area contributed by atoms with Crippen LogP contribution in [0.2, 0.25) is 0 Å². The molecule has 6 heteroatoms. The summed E-state index contributed by atoms with van der Waals surface area (Å²) in [7, 11) is 1.55. The molecule has 0 aliphatic carbocycles. The SMILES string of the molecule is COc1ccccc1OCCC(=O)OCC(=O)N[C@H](C)c1ccccc1. The fraction of sp³-hybridized carbons (Fsp3) is 0.300. The van der Waals surface area contributed by atoms with Crippen molar-refractivity contribution in [3.05, 3.63) is 60.2 Å². The second-order valence-electron chi connectivity index (χ2n) is 5.61. The molecule has 0 unspecified atom stereocenters. The molecule has 2 aromatic rings. The third-order valence-corrected chi connectivity index (χ3v) is 3.67. The summed E-state index contributed by atoms with van der Waals surface area (Å²) < 4.78 is 15.6. The Bertz CT molecular complexity index is 717. The average molecular weight is 357 g/mol. The fourth-order valence-corrected chi connectivity index (χ4v) is 2.31. The van der Waals surface area contributed by atoms with Gasteiger partial charge < -0.3 is 19.5 Å². The van der Waals surface area contributed by atoms with Gasteiger partial charge in [-0.3, -0.25) is 9.59 Å². The van der Waals surface area contributed by atoms with E-state index in [4.69, 9.17) is 14.2 Å². The Kier molecular flexibility index (Phi) is 7.49. The minimum Gasteiger partial charge on any atom is -0.493 e. The third-order valence-electron chi connectivity index (χ3n) is 3.67. The molecule has 0 saturated heterocycles. The van der Waals surface area contributed by atoms with Crippen molar-refractivity contribution in [2.45, 2.75) is 19.4 Å². The number of para-hydroxylation sites is 2. The lowest BCUT2D eigenvalue weighted by molar-refractivity contribution is -0.149. The zero-order valence-corrected chi connectivity index (χ0v) is 14.9. The van der Waals surface area contributed by atoms with Gasteiger partial charge in [-0.15, -0.1) is 0 Å². The molecule has 1 N–H and O–H groups in total. The fourth-order valence-electron chi connectivity index (χ4n) is 2.31. The zero-order valence-electron chi connectivity index (χ0n) is 14.9. The first-order chi connectivity index (χ1) is 12.6. The van der Waals surface area contributed by atoms with Crippen molar-refractivity contribution in [1.29, 1.82) is 0 Å². The maximum Gasteiger partial charge on any atom is 0.309 e. The van der Waals surface area contributed by atoms with E-state index in [1.165, 1.54) is 0 Å². The van der Waals surface area contributed by atoms with Crippen LogP contribution in [0.1, 0.15) is 24.9 Å². The van der Waals surface area contributed by atoms with E-state index in [2.05, 4.69) is 5.32 Å². The molecule has 0 spiro atoms. The Morgan fingerprint density at radius 1 is 1.00 bits per heavy atom. The maximum atomic E-state index is 11.9. The van der Waals surface area contributed by atoms with Gasteiger partial charge in [0.05, 0.1) is 26.2 Å². The van der Waals surface area contributed by atoms with Crippen LogP contribution in [0.15, 0.2) is 54.6 Å². The first-order valence-electron chi connectivity index (χ1n) is 8.36. The Morgan fingerprint density at radius 3 is 2.35 bits per heavy atom. The van der Waals surface area contributed by atoms with Gasteiger partial charge in [-0.2, -0.15) is 0 Å². The number of methoxy groups -OCH3 is 1.